The highest BCUT2D eigenvalue weighted by Gasteiger charge is 2.34. The van der Waals surface area contributed by atoms with Crippen LogP contribution >= 0.6 is 34.0 Å². The Morgan fingerprint density at radius 3 is 1.69 bits per heavy atom. The number of ketones is 4. The van der Waals surface area contributed by atoms with Gasteiger partial charge in [-0.1, -0.05) is 48.5 Å². The topological polar surface area (TPSA) is 73.2 Å². The Morgan fingerprint density at radius 2 is 1.10 bits per heavy atom. The molecule has 5 nitrogen and oxygen atoms in total. The van der Waals surface area contributed by atoms with E-state index in [9.17, 15) is 19.2 Å². The molecule has 0 saturated carbocycles. The largest absolute Gasteiger partial charge is 0.341 e. The van der Waals surface area contributed by atoms with Gasteiger partial charge in [0.05, 0.1) is 25.1 Å². The summed E-state index contributed by atoms with van der Waals surface area (Å²) in [6.45, 7) is 0. The summed E-state index contributed by atoms with van der Waals surface area (Å²) in [6, 6.07) is 18.4. The molecular formula is C31H15NO4S3. The first-order chi connectivity index (χ1) is 18.9. The number of carbonyl (C=O) groups excluding carboxylic acids is 4. The number of hydrogen-bond acceptors (Lipinski definition) is 7. The number of aromatic nitrogens is 1. The van der Waals surface area contributed by atoms with E-state index in [0.717, 1.165) is 34.9 Å². The molecule has 0 N–H and O–H groups in total. The van der Waals surface area contributed by atoms with E-state index >= 15 is 0 Å². The summed E-state index contributed by atoms with van der Waals surface area (Å²) >= 11 is 4.93. The lowest BCUT2D eigenvalue weighted by Gasteiger charge is -1.97. The molecule has 0 atom stereocenters. The second kappa shape index (κ2) is 7.89. The first-order valence-corrected chi connectivity index (χ1v) is 14.6. The van der Waals surface area contributed by atoms with Crippen LogP contribution in [0.2, 0.25) is 0 Å². The van der Waals surface area contributed by atoms with Gasteiger partial charge in [-0.2, -0.15) is 0 Å². The van der Waals surface area contributed by atoms with Gasteiger partial charge in [-0.25, -0.2) is 0 Å². The SMILES string of the molecule is Cn1c2cc(/C=C3\C(=O)C(=O)c4ccccc43)sc2c2sc3cc(/C=C4\C(=O)C(=O)c5ccccc54)sc3c21. The molecule has 186 valence electrons. The van der Waals surface area contributed by atoms with Gasteiger partial charge in [0.2, 0.25) is 23.1 Å². The van der Waals surface area contributed by atoms with Crippen molar-refractivity contribution in [3.8, 4) is 0 Å². The number of thiophene rings is 3. The van der Waals surface area contributed by atoms with Crippen LogP contribution in [0.15, 0.2) is 60.7 Å². The fraction of sp³-hybridized carbons (Fsp3) is 0.0323. The van der Waals surface area contributed by atoms with Crippen molar-refractivity contribution in [3.63, 3.8) is 0 Å². The van der Waals surface area contributed by atoms with Crippen molar-refractivity contribution in [2.24, 2.45) is 7.05 Å². The Labute approximate surface area is 232 Å². The van der Waals surface area contributed by atoms with Gasteiger partial charge in [0.25, 0.3) is 0 Å². The zero-order valence-electron chi connectivity index (χ0n) is 20.2. The molecule has 8 rings (SSSR count). The fourth-order valence-electron chi connectivity index (χ4n) is 5.56. The summed E-state index contributed by atoms with van der Waals surface area (Å²) in [5.74, 6) is -1.80. The molecular weight excluding hydrogens is 547 g/mol. The van der Waals surface area contributed by atoms with E-state index in [1.165, 1.54) is 4.70 Å². The Bertz CT molecular complexity index is 2210. The predicted octanol–water partition coefficient (Wildman–Crippen LogP) is 7.28. The third-order valence-corrected chi connectivity index (χ3v) is 11.0. The van der Waals surface area contributed by atoms with Gasteiger partial charge < -0.3 is 4.57 Å². The van der Waals surface area contributed by atoms with Crippen molar-refractivity contribution in [3.05, 3.63) is 92.7 Å². The molecule has 0 spiro atoms. The first kappa shape index (κ1) is 22.7. The number of nitrogens with zero attached hydrogens (tertiary/aromatic N) is 1. The standard InChI is InChI=1S/C31H15NO4S3/c1-32-22-12-14(10-20-16-6-2-4-8-18(16)25(33)27(20)35)37-29(22)31-24(32)30-23(39-31)13-15(38-30)11-21-17-7-3-5-9-19(17)26(34)28(21)36/h2-13H,1H3/b20-10-,21-11-. The molecule has 39 heavy (non-hydrogen) atoms. The van der Waals surface area contributed by atoms with Gasteiger partial charge in [0.15, 0.2) is 0 Å². The van der Waals surface area contributed by atoms with Crippen LogP contribution in [-0.2, 0) is 16.6 Å². The van der Waals surface area contributed by atoms with E-state index in [1.807, 2.05) is 43.5 Å². The fourth-order valence-corrected chi connectivity index (χ4v) is 9.49. The first-order valence-electron chi connectivity index (χ1n) is 12.1. The van der Waals surface area contributed by atoms with Crippen LogP contribution in [0.1, 0.15) is 41.6 Å². The molecule has 2 aliphatic rings. The molecule has 4 aromatic heterocycles. The van der Waals surface area contributed by atoms with Crippen molar-refractivity contribution < 1.29 is 19.2 Å². The van der Waals surface area contributed by atoms with E-state index in [2.05, 4.69) is 16.7 Å². The third kappa shape index (κ3) is 3.04. The van der Waals surface area contributed by atoms with Gasteiger partial charge >= 0.3 is 0 Å². The van der Waals surface area contributed by atoms with Gasteiger partial charge in [-0.3, -0.25) is 19.2 Å². The number of benzene rings is 2. The van der Waals surface area contributed by atoms with Gasteiger partial charge in [-0.15, -0.1) is 34.0 Å². The number of aryl methyl sites for hydroxylation is 1. The smallest absolute Gasteiger partial charge is 0.234 e. The quantitative estimate of drug-likeness (QED) is 0.165. The molecule has 2 aromatic carbocycles. The van der Waals surface area contributed by atoms with Crippen LogP contribution in [-0.4, -0.2) is 27.7 Å². The maximum Gasteiger partial charge on any atom is 0.234 e. The van der Waals surface area contributed by atoms with Gasteiger partial charge in [-0.05, 0) is 35.4 Å². The van der Waals surface area contributed by atoms with Crippen molar-refractivity contribution in [2.75, 3.05) is 0 Å². The minimum atomic E-state index is -0.456. The van der Waals surface area contributed by atoms with Crippen LogP contribution in [0, 0.1) is 0 Å². The van der Waals surface area contributed by atoms with Crippen LogP contribution in [0.25, 0.3) is 53.1 Å². The van der Waals surface area contributed by atoms with E-state index in [0.29, 0.717) is 33.4 Å². The number of hydrogen-bond donors (Lipinski definition) is 0. The molecule has 8 heteroatoms. The average molecular weight is 562 g/mol. The normalized spacial score (nSPS) is 17.2. The van der Waals surface area contributed by atoms with Crippen molar-refractivity contribution in [1.82, 2.24) is 4.57 Å². The lowest BCUT2D eigenvalue weighted by molar-refractivity contribution is -0.110. The summed E-state index contributed by atoms with van der Waals surface area (Å²) in [6.07, 6.45) is 3.67. The third-order valence-electron chi connectivity index (χ3n) is 7.39. The predicted molar refractivity (Wildman–Crippen MR) is 159 cm³/mol. The van der Waals surface area contributed by atoms with Crippen molar-refractivity contribution in [1.29, 1.82) is 0 Å². The maximum atomic E-state index is 12.7. The number of allylic oxidation sites excluding steroid dienone is 2. The Hall–Kier alpha value is -4.24. The number of rotatable bonds is 2. The summed E-state index contributed by atoms with van der Waals surface area (Å²) in [5.41, 5.74) is 5.43. The van der Waals surface area contributed by atoms with Gasteiger partial charge in [0.1, 0.15) is 0 Å². The van der Waals surface area contributed by atoms with E-state index in [1.54, 1.807) is 58.3 Å². The molecule has 0 unspecified atom stereocenters. The molecule has 2 aliphatic carbocycles. The summed E-state index contributed by atoms with van der Waals surface area (Å²) in [7, 11) is 2.04. The highest BCUT2D eigenvalue weighted by atomic mass is 32.1. The Morgan fingerprint density at radius 1 is 0.590 bits per heavy atom. The van der Waals surface area contributed by atoms with E-state index < -0.39 is 23.1 Å². The molecule has 0 radical (unpaired) electrons. The Balaban J connectivity index is 1.23. The molecule has 0 aliphatic heterocycles. The van der Waals surface area contributed by atoms with E-state index in [-0.39, 0.29) is 0 Å². The monoisotopic (exact) mass is 561 g/mol. The highest BCUT2D eigenvalue weighted by Crippen LogP contribution is 2.47. The molecule has 4 heterocycles. The van der Waals surface area contributed by atoms with Crippen LogP contribution in [0.5, 0.6) is 0 Å². The lowest BCUT2D eigenvalue weighted by atomic mass is 10.1. The average Bonchev–Trinajstić information content (AvgIpc) is 3.75. The highest BCUT2D eigenvalue weighted by molar-refractivity contribution is 7.35. The molecule has 6 aromatic rings. The number of fused-ring (bicyclic) bond motifs is 7. The Kier molecular flexibility index (Phi) is 4.60. The van der Waals surface area contributed by atoms with Crippen LogP contribution in [0.3, 0.4) is 0 Å². The number of carbonyl (C=O) groups is 4. The maximum absolute atomic E-state index is 12.7. The summed E-state index contributed by atoms with van der Waals surface area (Å²) < 4.78 is 6.75. The van der Waals surface area contributed by atoms with Crippen molar-refractivity contribution in [2.45, 2.75) is 0 Å². The second-order valence-electron chi connectivity index (χ2n) is 9.57. The molecule has 0 fully saturated rings. The molecule has 0 amide bonds. The van der Waals surface area contributed by atoms with E-state index in [4.69, 9.17) is 0 Å². The number of Topliss-reactive ketones (excluding diaryl/α,β-unsaturated/α-hetero) is 4. The van der Waals surface area contributed by atoms with Crippen molar-refractivity contribution >= 4 is 110 Å². The minimum absolute atomic E-state index is 0.446. The van der Waals surface area contributed by atoms with Gasteiger partial charge in [0, 0.05) is 43.8 Å². The minimum Gasteiger partial charge on any atom is -0.341 e. The second-order valence-corrected chi connectivity index (χ2v) is 12.8. The zero-order chi connectivity index (χ0) is 26.6. The zero-order valence-corrected chi connectivity index (χ0v) is 22.7. The van der Waals surface area contributed by atoms with Crippen LogP contribution < -0.4 is 0 Å². The van der Waals surface area contributed by atoms with Crippen LogP contribution in [0.4, 0.5) is 0 Å². The summed E-state index contributed by atoms with van der Waals surface area (Å²) in [5, 5.41) is 0. The molecule has 0 saturated heterocycles. The lowest BCUT2D eigenvalue weighted by Crippen LogP contribution is -2.05. The molecule has 0 bridgehead atoms. The summed E-state index contributed by atoms with van der Waals surface area (Å²) in [4.78, 5) is 52.1.